The smallest absolute Gasteiger partial charge is 0 e. The first-order valence-corrected chi connectivity index (χ1v) is 4.50. The van der Waals surface area contributed by atoms with Crippen LogP contribution < -0.4 is 0 Å². The molecule has 0 aromatic rings. The van der Waals surface area contributed by atoms with E-state index in [1.807, 2.05) is 55.4 Å². The van der Waals surface area contributed by atoms with E-state index in [1.54, 1.807) is 0 Å². The molecule has 0 spiro atoms. The summed E-state index contributed by atoms with van der Waals surface area (Å²) in [5, 5.41) is 0. The molecule has 0 fully saturated rings. The van der Waals surface area contributed by atoms with Crippen LogP contribution in [0.3, 0.4) is 0 Å². The van der Waals surface area contributed by atoms with Gasteiger partial charge in [0.1, 0.15) is 0 Å². The Morgan fingerprint density at radius 2 is 0.533 bits per heavy atom. The molecule has 1 radical (unpaired) electrons. The van der Waals surface area contributed by atoms with Crippen LogP contribution in [0.5, 0.6) is 0 Å². The third-order valence-corrected chi connectivity index (χ3v) is 0.500. The molecule has 0 unspecified atom stereocenters. The third-order valence-electron chi connectivity index (χ3n) is 0.500. The Morgan fingerprint density at radius 3 is 0.533 bits per heavy atom. The molecule has 0 atom stereocenters. The van der Waals surface area contributed by atoms with E-state index < -0.39 is 0 Å². The topological polar surface area (TPSA) is 0 Å². The predicted molar refractivity (Wildman–Crippen MR) is 73.8 cm³/mol. The van der Waals surface area contributed by atoms with Crippen molar-refractivity contribution in [1.82, 2.24) is 0 Å². The average molecular weight is 287 g/mol. The van der Waals surface area contributed by atoms with Crippen molar-refractivity contribution in [3.05, 3.63) is 14.9 Å². The molecule has 15 heavy (non-hydrogen) atoms. The van der Waals surface area contributed by atoms with Gasteiger partial charge < -0.3 is 14.9 Å². The summed E-state index contributed by atoms with van der Waals surface area (Å²) in [5.41, 5.74) is 0. The molecule has 0 saturated carbocycles. The minimum absolute atomic E-state index is 0. The van der Waals surface area contributed by atoms with E-state index in [9.17, 15) is 0 Å². The van der Waals surface area contributed by atoms with E-state index in [-0.39, 0.29) is 47.6 Å². The van der Waals surface area contributed by atoms with Crippen LogP contribution in [0.25, 0.3) is 0 Å². The fourth-order valence-electron chi connectivity index (χ4n) is 0. The molecule has 0 nitrogen and oxygen atoms in total. The summed E-state index contributed by atoms with van der Waals surface area (Å²) in [4.78, 5) is 0. The summed E-state index contributed by atoms with van der Waals surface area (Å²) in [6.45, 7) is 15.3. The zero-order valence-corrected chi connectivity index (χ0v) is 15.4. The summed E-state index contributed by atoms with van der Waals surface area (Å²) in [7, 11) is 0. The van der Waals surface area contributed by atoms with Crippen LogP contribution in [0.2, 0.25) is 0 Å². The molecular formula is C14H30Y-2. The van der Waals surface area contributed by atoms with Crippen LogP contribution in [0.1, 0.15) is 55.4 Å². The standard InChI is InChI=1S/2C4H6.2C2H6.2CH3.Y/c2*1-3-4-2;2*1-2;;;/h2*1-2H3;2*1-2H3;2*1H3;/q;;;;2*-1;. The summed E-state index contributed by atoms with van der Waals surface area (Å²) in [6.07, 6.45) is 0. The van der Waals surface area contributed by atoms with E-state index in [4.69, 9.17) is 0 Å². The van der Waals surface area contributed by atoms with Gasteiger partial charge in [-0.2, -0.15) is 0 Å². The van der Waals surface area contributed by atoms with Crippen LogP contribution in [0.4, 0.5) is 0 Å². The minimum Gasteiger partial charge on any atom is -0.358 e. The largest absolute Gasteiger partial charge is 0.358 e. The first kappa shape index (κ1) is 45.5. The number of hydrogen-bond donors (Lipinski definition) is 0. The summed E-state index contributed by atoms with van der Waals surface area (Å²) >= 11 is 0. The Bertz CT molecular complexity index is 96.9. The maximum atomic E-state index is 2.68. The fraction of sp³-hybridized carbons (Fsp3) is 0.571. The van der Waals surface area contributed by atoms with Gasteiger partial charge in [0.2, 0.25) is 0 Å². The third kappa shape index (κ3) is 430. The monoisotopic (exact) mass is 287 g/mol. The molecule has 0 aliphatic rings. The molecule has 91 valence electrons. The second kappa shape index (κ2) is 139. The molecule has 0 aliphatic heterocycles. The van der Waals surface area contributed by atoms with E-state index in [0.717, 1.165) is 0 Å². The van der Waals surface area contributed by atoms with Crippen molar-refractivity contribution in [1.29, 1.82) is 0 Å². The molecule has 0 saturated heterocycles. The van der Waals surface area contributed by atoms with Crippen LogP contribution >= 0.6 is 0 Å². The molecule has 0 amide bonds. The first-order chi connectivity index (χ1) is 5.83. The average Bonchev–Trinajstić information content (AvgIpc) is 2.23. The Kier molecular flexibility index (Phi) is 423. The van der Waals surface area contributed by atoms with Gasteiger partial charge >= 0.3 is 0 Å². The summed E-state index contributed by atoms with van der Waals surface area (Å²) < 4.78 is 0. The van der Waals surface area contributed by atoms with Crippen LogP contribution in [-0.4, -0.2) is 0 Å². The van der Waals surface area contributed by atoms with Gasteiger partial charge in [0.25, 0.3) is 0 Å². The number of hydrogen-bond acceptors (Lipinski definition) is 0. The van der Waals surface area contributed by atoms with Gasteiger partial charge in [0, 0.05) is 32.7 Å². The fourth-order valence-corrected chi connectivity index (χ4v) is 0. The van der Waals surface area contributed by atoms with Gasteiger partial charge in [0.15, 0.2) is 0 Å². The number of rotatable bonds is 0. The van der Waals surface area contributed by atoms with Gasteiger partial charge in [-0.1, -0.05) is 27.7 Å². The molecule has 0 rings (SSSR count). The van der Waals surface area contributed by atoms with Gasteiger partial charge in [0.05, 0.1) is 0 Å². The van der Waals surface area contributed by atoms with Crippen molar-refractivity contribution in [2.24, 2.45) is 0 Å². The Hall–Kier alpha value is 0.224. The van der Waals surface area contributed by atoms with Gasteiger partial charge in [-0.15, -0.1) is 23.7 Å². The Morgan fingerprint density at radius 1 is 0.467 bits per heavy atom. The molecule has 0 aromatic carbocycles. The maximum absolute atomic E-state index is 2.68. The Labute approximate surface area is 126 Å². The van der Waals surface area contributed by atoms with E-state index in [1.165, 1.54) is 0 Å². The first-order valence-electron chi connectivity index (χ1n) is 4.50. The van der Waals surface area contributed by atoms with Gasteiger partial charge in [-0.3, -0.25) is 0 Å². The Balaban J connectivity index is -0.0000000112. The molecule has 0 N–H and O–H groups in total. The van der Waals surface area contributed by atoms with Crippen LogP contribution in [0, 0.1) is 38.5 Å². The van der Waals surface area contributed by atoms with E-state index >= 15 is 0 Å². The quantitative estimate of drug-likeness (QED) is 0.434. The molecule has 0 aromatic heterocycles. The summed E-state index contributed by atoms with van der Waals surface area (Å²) in [5.74, 6) is 10.7. The zero-order chi connectivity index (χ0) is 10.8. The van der Waals surface area contributed by atoms with Crippen LogP contribution in [-0.2, 0) is 32.7 Å². The molecule has 0 aliphatic carbocycles. The molecule has 0 heterocycles. The van der Waals surface area contributed by atoms with Crippen LogP contribution in [0.15, 0.2) is 0 Å². The van der Waals surface area contributed by atoms with Crippen molar-refractivity contribution in [3.8, 4) is 23.7 Å². The van der Waals surface area contributed by atoms with E-state index in [2.05, 4.69) is 23.7 Å². The van der Waals surface area contributed by atoms with Crippen molar-refractivity contribution in [3.63, 3.8) is 0 Å². The van der Waals surface area contributed by atoms with Crippen molar-refractivity contribution < 1.29 is 32.7 Å². The van der Waals surface area contributed by atoms with Crippen molar-refractivity contribution in [2.75, 3.05) is 0 Å². The normalized spacial score (nSPS) is 2.67. The van der Waals surface area contributed by atoms with Crippen molar-refractivity contribution in [2.45, 2.75) is 55.4 Å². The van der Waals surface area contributed by atoms with Gasteiger partial charge in [-0.25, -0.2) is 0 Å². The predicted octanol–water partition coefficient (Wildman–Crippen LogP) is 5.01. The molecular weight excluding hydrogens is 257 g/mol. The molecule has 0 bridgehead atoms. The maximum Gasteiger partial charge on any atom is 0 e. The minimum atomic E-state index is 0. The van der Waals surface area contributed by atoms with E-state index in [0.29, 0.717) is 0 Å². The second-order valence-corrected chi connectivity index (χ2v) is 1.00. The van der Waals surface area contributed by atoms with Crippen molar-refractivity contribution >= 4 is 0 Å². The molecule has 1 heteroatoms. The SMILES string of the molecule is CC.CC.CC#CC.CC#CC.[CH3-].[CH3-].[Y]. The summed E-state index contributed by atoms with van der Waals surface area (Å²) in [6, 6.07) is 0. The second-order valence-electron chi connectivity index (χ2n) is 1.00. The van der Waals surface area contributed by atoms with Gasteiger partial charge in [-0.05, 0) is 27.7 Å². The zero-order valence-electron chi connectivity index (χ0n) is 12.6.